The van der Waals surface area contributed by atoms with Crippen molar-refractivity contribution in [1.82, 2.24) is 14.1 Å². The van der Waals surface area contributed by atoms with Crippen molar-refractivity contribution in [2.75, 3.05) is 0 Å². The maximum Gasteiger partial charge on any atom is 0.332 e. The molecule has 0 fully saturated rings. The van der Waals surface area contributed by atoms with E-state index in [1.165, 1.54) is 17.2 Å². The van der Waals surface area contributed by atoms with Gasteiger partial charge in [-0.3, -0.25) is 13.9 Å². The second-order valence-electron chi connectivity index (χ2n) is 5.45. The summed E-state index contributed by atoms with van der Waals surface area (Å²) in [5, 5.41) is 0.510. The predicted molar refractivity (Wildman–Crippen MR) is 93.0 cm³/mol. The van der Waals surface area contributed by atoms with Gasteiger partial charge in [-0.25, -0.2) is 9.78 Å². The lowest BCUT2D eigenvalue weighted by atomic mass is 10.2. The molecule has 0 radical (unpaired) electrons. The van der Waals surface area contributed by atoms with Gasteiger partial charge in [0.15, 0.2) is 0 Å². The number of aromatic nitrogens is 3. The van der Waals surface area contributed by atoms with Gasteiger partial charge in [0.25, 0.3) is 5.56 Å². The Labute approximate surface area is 137 Å². The summed E-state index contributed by atoms with van der Waals surface area (Å²) in [6.07, 6.45) is 1.72. The Kier molecular flexibility index (Phi) is 4.09. The molecule has 1 aromatic carbocycles. The first-order chi connectivity index (χ1) is 11.0. The third kappa shape index (κ3) is 2.70. The van der Waals surface area contributed by atoms with Crippen LogP contribution >= 0.6 is 11.8 Å². The number of thioether (sulfide) groups is 1. The number of rotatable bonds is 3. The summed E-state index contributed by atoms with van der Waals surface area (Å²) in [7, 11) is 3.14. The zero-order valence-electron chi connectivity index (χ0n) is 13.2. The molecule has 0 aliphatic carbocycles. The van der Waals surface area contributed by atoms with E-state index >= 15 is 0 Å². The quantitative estimate of drug-likeness (QED) is 0.692. The van der Waals surface area contributed by atoms with E-state index in [9.17, 15) is 9.59 Å². The number of benzene rings is 1. The topological polar surface area (TPSA) is 56.9 Å². The number of hydrogen-bond donors (Lipinski definition) is 0. The summed E-state index contributed by atoms with van der Waals surface area (Å²) < 4.78 is 2.55. The van der Waals surface area contributed by atoms with Crippen molar-refractivity contribution in [1.29, 1.82) is 0 Å². The zero-order valence-corrected chi connectivity index (χ0v) is 14.1. The molecule has 0 saturated heterocycles. The summed E-state index contributed by atoms with van der Waals surface area (Å²) in [5.41, 5.74) is 1.89. The average Bonchev–Trinajstić information content (AvgIpc) is 2.57. The molecule has 0 atom stereocenters. The molecule has 118 valence electrons. The van der Waals surface area contributed by atoms with Gasteiger partial charge >= 0.3 is 5.69 Å². The fourth-order valence-electron chi connectivity index (χ4n) is 2.51. The van der Waals surface area contributed by atoms with Gasteiger partial charge in [0.05, 0.1) is 5.39 Å². The number of nitrogens with zero attached hydrogens (tertiary/aromatic N) is 3. The van der Waals surface area contributed by atoms with Crippen molar-refractivity contribution in [2.45, 2.75) is 17.6 Å². The largest absolute Gasteiger partial charge is 0.332 e. The van der Waals surface area contributed by atoms with E-state index in [0.717, 1.165) is 20.8 Å². The van der Waals surface area contributed by atoms with Crippen LogP contribution in [-0.4, -0.2) is 14.1 Å². The van der Waals surface area contributed by atoms with Gasteiger partial charge in [0.1, 0.15) is 5.65 Å². The third-order valence-electron chi connectivity index (χ3n) is 3.83. The smallest absolute Gasteiger partial charge is 0.280 e. The molecule has 6 heteroatoms. The highest BCUT2D eigenvalue weighted by molar-refractivity contribution is 7.98. The number of pyridine rings is 1. The van der Waals surface area contributed by atoms with Crippen LogP contribution < -0.4 is 11.2 Å². The summed E-state index contributed by atoms with van der Waals surface area (Å²) in [6.45, 7) is 1.93. The molecule has 5 nitrogen and oxygen atoms in total. The van der Waals surface area contributed by atoms with Crippen LogP contribution in [0.25, 0.3) is 11.0 Å². The molecule has 0 saturated carbocycles. The molecule has 0 unspecified atom stereocenters. The second-order valence-corrected chi connectivity index (χ2v) is 6.43. The summed E-state index contributed by atoms with van der Waals surface area (Å²) in [6, 6.07) is 10.1. The van der Waals surface area contributed by atoms with Gasteiger partial charge in [0.2, 0.25) is 0 Å². The van der Waals surface area contributed by atoms with Crippen molar-refractivity contribution >= 4 is 22.8 Å². The first kappa shape index (κ1) is 15.6. The van der Waals surface area contributed by atoms with Crippen molar-refractivity contribution in [3.05, 3.63) is 68.5 Å². The van der Waals surface area contributed by atoms with Gasteiger partial charge in [-0.1, -0.05) is 30.3 Å². The van der Waals surface area contributed by atoms with Crippen molar-refractivity contribution in [3.8, 4) is 0 Å². The number of fused-ring (bicyclic) bond motifs is 1. The van der Waals surface area contributed by atoms with E-state index in [-0.39, 0.29) is 11.2 Å². The van der Waals surface area contributed by atoms with E-state index in [4.69, 9.17) is 0 Å². The van der Waals surface area contributed by atoms with Crippen LogP contribution in [0, 0.1) is 6.92 Å². The van der Waals surface area contributed by atoms with E-state index in [1.807, 2.05) is 25.1 Å². The fourth-order valence-corrected chi connectivity index (χ4v) is 3.62. The second kappa shape index (κ2) is 6.04. The maximum atomic E-state index is 12.6. The minimum atomic E-state index is -0.363. The van der Waals surface area contributed by atoms with Gasteiger partial charge in [-0.05, 0) is 18.1 Å². The molecule has 2 aromatic heterocycles. The van der Waals surface area contributed by atoms with Crippen molar-refractivity contribution in [3.63, 3.8) is 0 Å². The monoisotopic (exact) mass is 327 g/mol. The summed E-state index contributed by atoms with van der Waals surface area (Å²) >= 11 is 1.60. The summed E-state index contributed by atoms with van der Waals surface area (Å²) in [5.74, 6) is 0.757. The minimum Gasteiger partial charge on any atom is -0.280 e. The molecule has 0 aliphatic heterocycles. The van der Waals surface area contributed by atoms with Gasteiger partial charge in [-0.15, -0.1) is 11.8 Å². The zero-order chi connectivity index (χ0) is 16.6. The highest BCUT2D eigenvalue weighted by atomic mass is 32.2. The Morgan fingerprint density at radius 1 is 1.09 bits per heavy atom. The molecular weight excluding hydrogens is 310 g/mol. The Morgan fingerprint density at radius 2 is 1.78 bits per heavy atom. The Balaban J connectivity index is 2.18. The molecule has 0 bridgehead atoms. The van der Waals surface area contributed by atoms with Crippen LogP contribution in [0.1, 0.15) is 11.1 Å². The summed E-state index contributed by atoms with van der Waals surface area (Å²) in [4.78, 5) is 29.8. The highest BCUT2D eigenvalue weighted by Crippen LogP contribution is 2.30. The molecule has 2 heterocycles. The van der Waals surface area contributed by atoms with Crippen molar-refractivity contribution < 1.29 is 0 Å². The first-order valence-corrected chi connectivity index (χ1v) is 8.21. The van der Waals surface area contributed by atoms with Crippen LogP contribution in [0.5, 0.6) is 0 Å². The third-order valence-corrected chi connectivity index (χ3v) is 5.12. The van der Waals surface area contributed by atoms with Crippen LogP contribution in [0.3, 0.4) is 0 Å². The van der Waals surface area contributed by atoms with E-state index in [0.29, 0.717) is 11.0 Å². The van der Waals surface area contributed by atoms with Gasteiger partial charge < -0.3 is 0 Å². The Morgan fingerprint density at radius 3 is 2.48 bits per heavy atom. The lowest BCUT2D eigenvalue weighted by Crippen LogP contribution is -2.37. The van der Waals surface area contributed by atoms with E-state index in [2.05, 4.69) is 17.1 Å². The molecule has 0 amide bonds. The molecule has 0 spiro atoms. The number of hydrogen-bond acceptors (Lipinski definition) is 4. The predicted octanol–water partition coefficient (Wildman–Crippen LogP) is 2.23. The molecule has 0 N–H and O–H groups in total. The maximum absolute atomic E-state index is 12.6. The molecular formula is C17H17N3O2S. The molecule has 3 rings (SSSR count). The molecule has 23 heavy (non-hydrogen) atoms. The minimum absolute atomic E-state index is 0.296. The lowest BCUT2D eigenvalue weighted by Gasteiger charge is -2.12. The van der Waals surface area contributed by atoms with Gasteiger partial charge in [-0.2, -0.15) is 0 Å². The Bertz CT molecular complexity index is 991. The standard InChI is InChI=1S/C17H17N3O2S/c1-11-9-18-15-13(16(21)20(3)17(22)19(15)2)14(11)23-10-12-7-5-4-6-8-12/h4-9H,10H2,1-3H3. The van der Waals surface area contributed by atoms with Crippen molar-refractivity contribution in [2.24, 2.45) is 14.1 Å². The number of aryl methyl sites for hydroxylation is 2. The normalized spacial score (nSPS) is 11.1. The Hall–Kier alpha value is -2.34. The average molecular weight is 327 g/mol. The van der Waals surface area contributed by atoms with E-state index < -0.39 is 0 Å². The first-order valence-electron chi connectivity index (χ1n) is 7.22. The van der Waals surface area contributed by atoms with Crippen LogP contribution in [0.4, 0.5) is 0 Å². The van der Waals surface area contributed by atoms with Crippen LogP contribution in [0.15, 0.2) is 51.0 Å². The SMILES string of the molecule is Cc1cnc2c(c1SCc1ccccc1)c(=O)n(C)c(=O)n2C. The fraction of sp³-hybridized carbons (Fsp3) is 0.235. The van der Waals surface area contributed by atoms with E-state index in [1.54, 1.807) is 25.0 Å². The lowest BCUT2D eigenvalue weighted by molar-refractivity contribution is 0.705. The van der Waals surface area contributed by atoms with Crippen LogP contribution in [0.2, 0.25) is 0 Å². The molecule has 0 aliphatic rings. The van der Waals surface area contributed by atoms with Gasteiger partial charge in [0, 0.05) is 30.9 Å². The highest BCUT2D eigenvalue weighted by Gasteiger charge is 2.16. The molecule has 3 aromatic rings. The van der Waals surface area contributed by atoms with Crippen LogP contribution in [-0.2, 0) is 19.8 Å².